The van der Waals surface area contributed by atoms with Crippen LogP contribution in [-0.4, -0.2) is 92.0 Å². The van der Waals surface area contributed by atoms with Crippen molar-refractivity contribution in [3.8, 4) is 0 Å². The highest BCUT2D eigenvalue weighted by Gasteiger charge is 2.38. The number of aliphatic hydroxyl groups is 1. The van der Waals surface area contributed by atoms with Gasteiger partial charge in [0.05, 0.1) is 11.5 Å². The van der Waals surface area contributed by atoms with Crippen LogP contribution in [0.4, 0.5) is 4.79 Å². The number of hydrogen-bond donors (Lipinski definition) is 2. The highest BCUT2D eigenvalue weighted by Crippen LogP contribution is 2.32. The summed E-state index contributed by atoms with van der Waals surface area (Å²) < 4.78 is 33.6. The number of carbonyl (C=O) groups is 2. The van der Waals surface area contributed by atoms with Crippen molar-refractivity contribution in [2.75, 3.05) is 46.4 Å². The van der Waals surface area contributed by atoms with E-state index >= 15 is 0 Å². The molecule has 0 saturated carbocycles. The largest absolute Gasteiger partial charge is 0.445 e. The van der Waals surface area contributed by atoms with E-state index in [1.165, 1.54) is 9.21 Å². The van der Waals surface area contributed by atoms with Crippen molar-refractivity contribution >= 4 is 22.0 Å². The number of nitrogens with two attached hydrogens (primary N) is 1. The maximum absolute atomic E-state index is 13.4. The first-order valence-corrected chi connectivity index (χ1v) is 16.2. The lowest BCUT2D eigenvalue weighted by Crippen LogP contribution is -2.51. The molecule has 3 aromatic rings. The van der Waals surface area contributed by atoms with Crippen molar-refractivity contribution in [1.82, 2.24) is 14.1 Å². The molecule has 1 aliphatic rings. The van der Waals surface area contributed by atoms with Crippen LogP contribution in [0.2, 0.25) is 0 Å². The lowest BCUT2D eigenvalue weighted by Gasteiger charge is -2.40. The number of carbonyl (C=O) groups excluding carboxylic acids is 2. The zero-order valence-electron chi connectivity index (χ0n) is 25.1. The second-order valence-electron chi connectivity index (χ2n) is 11.3. The van der Waals surface area contributed by atoms with Crippen molar-refractivity contribution in [3.63, 3.8) is 0 Å². The van der Waals surface area contributed by atoms with Crippen molar-refractivity contribution in [2.45, 2.75) is 42.2 Å². The quantitative estimate of drug-likeness (QED) is 0.282. The van der Waals surface area contributed by atoms with Gasteiger partial charge < -0.3 is 20.5 Å². The first-order chi connectivity index (χ1) is 21.1. The molecule has 11 heteroatoms. The lowest BCUT2D eigenvalue weighted by atomic mass is 9.77. The number of aliphatic hydroxyl groups excluding tert-OH is 1. The van der Waals surface area contributed by atoms with E-state index in [4.69, 9.17) is 10.5 Å². The summed E-state index contributed by atoms with van der Waals surface area (Å²) in [5.41, 5.74) is 6.35. The van der Waals surface area contributed by atoms with Gasteiger partial charge in [0.25, 0.3) is 0 Å². The number of likely N-dealkylation sites (N-methyl/N-ethyl adjacent to an activating group) is 1. The van der Waals surface area contributed by atoms with Crippen LogP contribution in [0.25, 0.3) is 0 Å². The molecule has 1 unspecified atom stereocenters. The van der Waals surface area contributed by atoms with Gasteiger partial charge in [0.2, 0.25) is 15.9 Å². The molecule has 10 nitrogen and oxygen atoms in total. The van der Waals surface area contributed by atoms with E-state index in [9.17, 15) is 23.1 Å². The van der Waals surface area contributed by atoms with Crippen LogP contribution >= 0.6 is 0 Å². The number of likely N-dealkylation sites (tertiary alicyclic amines) is 1. The first kappa shape index (κ1) is 33.1. The van der Waals surface area contributed by atoms with Gasteiger partial charge in [-0.05, 0) is 49.1 Å². The molecule has 0 bridgehead atoms. The molecule has 0 spiro atoms. The molecule has 4 rings (SSSR count). The molecule has 236 valence electrons. The molecule has 1 fully saturated rings. The predicted octanol–water partition coefficient (Wildman–Crippen LogP) is 3.22. The fraction of sp³-hybridized carbons (Fsp3) is 0.394. The van der Waals surface area contributed by atoms with Crippen molar-refractivity contribution in [3.05, 3.63) is 102 Å². The summed E-state index contributed by atoms with van der Waals surface area (Å²) in [7, 11) is -2.22. The number of sulfonamides is 1. The maximum Gasteiger partial charge on any atom is 0.410 e. The normalized spacial score (nSPS) is 15.9. The van der Waals surface area contributed by atoms with Crippen molar-refractivity contribution < 1.29 is 27.9 Å². The Balaban J connectivity index is 1.42. The number of amides is 2. The summed E-state index contributed by atoms with van der Waals surface area (Å²) >= 11 is 0. The predicted molar refractivity (Wildman–Crippen MR) is 168 cm³/mol. The van der Waals surface area contributed by atoms with Crippen LogP contribution in [0, 0.1) is 0 Å². The van der Waals surface area contributed by atoms with Crippen LogP contribution in [0.15, 0.2) is 95.9 Å². The van der Waals surface area contributed by atoms with Crippen LogP contribution in [0.3, 0.4) is 0 Å². The highest BCUT2D eigenvalue weighted by atomic mass is 32.2. The van der Waals surface area contributed by atoms with Gasteiger partial charge in [-0.1, -0.05) is 78.9 Å². The van der Waals surface area contributed by atoms with E-state index in [1.807, 2.05) is 60.7 Å². The molecular formula is C33H42N4O6S. The molecule has 0 radical (unpaired) electrons. The van der Waals surface area contributed by atoms with Gasteiger partial charge in [-0.2, -0.15) is 4.31 Å². The Labute approximate surface area is 260 Å². The van der Waals surface area contributed by atoms with Crippen molar-refractivity contribution in [1.29, 1.82) is 0 Å². The SMILES string of the molecule is CN(CC(CO)(CCN1CCC(N(CC(N)=O)C(=O)OCc2ccccc2)CC1)c1ccccc1)S(=O)(=O)c1ccccc1. The van der Waals surface area contributed by atoms with Gasteiger partial charge in [0.15, 0.2) is 0 Å². The minimum absolute atomic E-state index is 0.0981. The minimum Gasteiger partial charge on any atom is -0.445 e. The fourth-order valence-electron chi connectivity index (χ4n) is 5.75. The molecule has 3 aromatic carbocycles. The van der Waals surface area contributed by atoms with Gasteiger partial charge >= 0.3 is 6.09 Å². The Hall–Kier alpha value is -3.77. The fourth-order valence-corrected chi connectivity index (χ4v) is 7.03. The molecule has 3 N–H and O–H groups in total. The van der Waals surface area contributed by atoms with E-state index in [2.05, 4.69) is 4.90 Å². The molecule has 0 aliphatic carbocycles. The van der Waals surface area contributed by atoms with Crippen LogP contribution in [0.1, 0.15) is 30.4 Å². The summed E-state index contributed by atoms with van der Waals surface area (Å²) in [6.07, 6.45) is 1.18. The first-order valence-electron chi connectivity index (χ1n) is 14.8. The third-order valence-corrected chi connectivity index (χ3v) is 10.2. The number of primary amides is 1. The summed E-state index contributed by atoms with van der Waals surface area (Å²) in [5.74, 6) is -0.603. The second-order valence-corrected chi connectivity index (χ2v) is 13.4. The minimum atomic E-state index is -3.77. The standard InChI is InChI=1S/C33H42N4O6S/c1-35(44(41,42)30-15-9-4-10-16-30)25-33(26-38,28-13-7-3-8-14-28)19-22-36-20-17-29(18-21-36)37(23-31(34)39)32(40)43-24-27-11-5-2-6-12-27/h2-16,29,38H,17-26H2,1H3,(H2,34,39). The third kappa shape index (κ3) is 8.44. The molecule has 1 aliphatic heterocycles. The monoisotopic (exact) mass is 622 g/mol. The molecule has 1 saturated heterocycles. The van der Waals surface area contributed by atoms with E-state index in [0.29, 0.717) is 38.9 Å². The van der Waals surface area contributed by atoms with Crippen molar-refractivity contribution in [2.24, 2.45) is 5.73 Å². The Kier molecular flexibility index (Phi) is 11.5. The van der Waals surface area contributed by atoms with Gasteiger partial charge in [-0.25, -0.2) is 13.2 Å². The average molecular weight is 623 g/mol. The van der Waals surface area contributed by atoms with Gasteiger partial charge in [-0.3, -0.25) is 9.69 Å². The van der Waals surface area contributed by atoms with Gasteiger partial charge in [0.1, 0.15) is 13.2 Å². The molecule has 44 heavy (non-hydrogen) atoms. The zero-order chi connectivity index (χ0) is 31.6. The number of ether oxygens (including phenoxy) is 1. The third-order valence-electron chi connectivity index (χ3n) is 8.34. The Morgan fingerprint density at radius 1 is 0.955 bits per heavy atom. The lowest BCUT2D eigenvalue weighted by molar-refractivity contribution is -0.119. The van der Waals surface area contributed by atoms with Crippen LogP contribution in [0.5, 0.6) is 0 Å². The maximum atomic E-state index is 13.4. The van der Waals surface area contributed by atoms with Gasteiger partial charge in [-0.15, -0.1) is 0 Å². The Morgan fingerprint density at radius 3 is 2.09 bits per heavy atom. The number of hydrogen-bond acceptors (Lipinski definition) is 7. The summed E-state index contributed by atoms with van der Waals surface area (Å²) in [5, 5.41) is 10.8. The van der Waals surface area contributed by atoms with Gasteiger partial charge in [0, 0.05) is 38.1 Å². The molecule has 2 amide bonds. The smallest absolute Gasteiger partial charge is 0.410 e. The van der Waals surface area contributed by atoms with Crippen LogP contribution < -0.4 is 5.73 Å². The highest BCUT2D eigenvalue weighted by molar-refractivity contribution is 7.89. The van der Waals surface area contributed by atoms with Crippen LogP contribution in [-0.2, 0) is 31.6 Å². The summed E-state index contributed by atoms with van der Waals surface area (Å²) in [6, 6.07) is 26.9. The second kappa shape index (κ2) is 15.3. The molecule has 1 atom stereocenters. The topological polar surface area (TPSA) is 133 Å². The molecular weight excluding hydrogens is 580 g/mol. The Morgan fingerprint density at radius 2 is 1.52 bits per heavy atom. The summed E-state index contributed by atoms with van der Waals surface area (Å²) in [6.45, 7) is 1.66. The molecule has 1 heterocycles. The van der Waals surface area contributed by atoms with E-state index in [0.717, 1.165) is 11.1 Å². The number of benzene rings is 3. The van der Waals surface area contributed by atoms with E-state index in [1.54, 1.807) is 37.4 Å². The Bertz CT molecular complexity index is 1450. The average Bonchev–Trinajstić information content (AvgIpc) is 3.06. The zero-order valence-corrected chi connectivity index (χ0v) is 25.9. The number of nitrogens with zero attached hydrogens (tertiary/aromatic N) is 3. The van der Waals surface area contributed by atoms with E-state index < -0.39 is 27.4 Å². The number of rotatable bonds is 14. The van der Waals surface area contributed by atoms with E-state index in [-0.39, 0.29) is 37.2 Å². The summed E-state index contributed by atoms with van der Waals surface area (Å²) in [4.78, 5) is 28.7. The molecule has 0 aromatic heterocycles. The number of piperidine rings is 1.